The molecule has 0 aliphatic carbocycles. The minimum Gasteiger partial charge on any atom is -0.496 e. The first-order chi connectivity index (χ1) is 13.5. The molecule has 8 heteroatoms. The predicted molar refractivity (Wildman–Crippen MR) is 107 cm³/mol. The molecule has 3 N–H and O–H groups in total. The molecule has 0 radical (unpaired) electrons. The summed E-state index contributed by atoms with van der Waals surface area (Å²) >= 11 is 5.16. The molecule has 0 fully saturated rings. The number of aliphatic hydroxyl groups excluding tert-OH is 1. The Morgan fingerprint density at radius 1 is 1.18 bits per heavy atom. The topological polar surface area (TPSA) is 83.7 Å². The van der Waals surface area contributed by atoms with Gasteiger partial charge in [0.1, 0.15) is 29.7 Å². The van der Waals surface area contributed by atoms with E-state index in [4.69, 9.17) is 26.5 Å². The third kappa shape index (κ3) is 4.54. The molecule has 0 unspecified atom stereocenters. The molecule has 3 rings (SSSR count). The maximum atomic E-state index is 12.9. The van der Waals surface area contributed by atoms with Gasteiger partial charge in [-0.1, -0.05) is 0 Å². The highest BCUT2D eigenvalue weighted by molar-refractivity contribution is 7.80. The van der Waals surface area contributed by atoms with E-state index >= 15 is 0 Å². The standard InChI is InChI=1S/C20H17FN2O4S/c1-26-18-10-14(6-8-16(18)17-9-7-15(11-24)27-17)22-20(28)23-19(25)12-2-4-13(21)5-3-12/h2-10,24H,11H2,1H3,(H2,22,23,25,28). The average Bonchev–Trinajstić information content (AvgIpc) is 3.17. The number of hydrogen-bond acceptors (Lipinski definition) is 5. The number of anilines is 1. The summed E-state index contributed by atoms with van der Waals surface area (Å²) in [6.45, 7) is -0.190. The first-order valence-corrected chi connectivity index (χ1v) is 8.67. The zero-order valence-electron chi connectivity index (χ0n) is 14.9. The Labute approximate surface area is 165 Å². The Morgan fingerprint density at radius 2 is 1.93 bits per heavy atom. The van der Waals surface area contributed by atoms with Gasteiger partial charge in [0, 0.05) is 17.3 Å². The van der Waals surface area contributed by atoms with Gasteiger partial charge >= 0.3 is 0 Å². The second-order valence-corrected chi connectivity index (χ2v) is 6.16. The fourth-order valence-electron chi connectivity index (χ4n) is 2.52. The van der Waals surface area contributed by atoms with Crippen LogP contribution in [-0.4, -0.2) is 23.2 Å². The number of hydrogen-bond donors (Lipinski definition) is 3. The summed E-state index contributed by atoms with van der Waals surface area (Å²) < 4.78 is 23.9. The number of benzene rings is 2. The second-order valence-electron chi connectivity index (χ2n) is 5.75. The van der Waals surface area contributed by atoms with Gasteiger partial charge < -0.3 is 19.6 Å². The largest absolute Gasteiger partial charge is 0.496 e. The van der Waals surface area contributed by atoms with Crippen molar-refractivity contribution in [2.75, 3.05) is 12.4 Å². The van der Waals surface area contributed by atoms with Gasteiger partial charge in [-0.05, 0) is 60.7 Å². The van der Waals surface area contributed by atoms with Gasteiger partial charge in [-0.15, -0.1) is 0 Å². The Kier molecular flexibility index (Phi) is 6.03. The van der Waals surface area contributed by atoms with Crippen LogP contribution in [0.15, 0.2) is 59.0 Å². The minimum absolute atomic E-state index is 0.0877. The number of carbonyl (C=O) groups is 1. The summed E-state index contributed by atoms with van der Waals surface area (Å²) in [5, 5.41) is 14.6. The van der Waals surface area contributed by atoms with Crippen molar-refractivity contribution in [3.63, 3.8) is 0 Å². The molecule has 0 bridgehead atoms. The molecule has 144 valence electrons. The zero-order chi connectivity index (χ0) is 20.1. The molecule has 28 heavy (non-hydrogen) atoms. The highest BCUT2D eigenvalue weighted by atomic mass is 32.1. The van der Waals surface area contributed by atoms with E-state index in [2.05, 4.69) is 10.6 Å². The van der Waals surface area contributed by atoms with Crippen LogP contribution in [0.2, 0.25) is 0 Å². The number of amides is 1. The number of methoxy groups -OCH3 is 1. The van der Waals surface area contributed by atoms with Crippen LogP contribution in [0.3, 0.4) is 0 Å². The molecule has 1 amide bonds. The third-order valence-electron chi connectivity index (χ3n) is 3.88. The average molecular weight is 400 g/mol. The fourth-order valence-corrected chi connectivity index (χ4v) is 2.73. The SMILES string of the molecule is COc1cc(NC(=S)NC(=O)c2ccc(F)cc2)ccc1-c1ccc(CO)o1. The van der Waals surface area contributed by atoms with Crippen molar-refractivity contribution in [2.24, 2.45) is 0 Å². The van der Waals surface area contributed by atoms with Gasteiger partial charge in [-0.25, -0.2) is 4.39 Å². The first kappa shape index (κ1) is 19.5. The van der Waals surface area contributed by atoms with Crippen LogP contribution in [0.1, 0.15) is 16.1 Å². The normalized spacial score (nSPS) is 10.4. The van der Waals surface area contributed by atoms with Crippen LogP contribution in [0.5, 0.6) is 5.75 Å². The summed E-state index contributed by atoms with van der Waals surface area (Å²) in [6.07, 6.45) is 0. The van der Waals surface area contributed by atoms with Crippen LogP contribution in [0, 0.1) is 5.82 Å². The van der Waals surface area contributed by atoms with Gasteiger partial charge in [0.05, 0.1) is 12.7 Å². The molecule has 1 aromatic heterocycles. The van der Waals surface area contributed by atoms with Crippen molar-refractivity contribution < 1.29 is 23.4 Å². The third-order valence-corrected chi connectivity index (χ3v) is 4.08. The summed E-state index contributed by atoms with van der Waals surface area (Å²) in [5.74, 6) is 0.653. The molecule has 0 spiro atoms. The molecule has 0 aliphatic heterocycles. The van der Waals surface area contributed by atoms with E-state index in [1.54, 1.807) is 30.3 Å². The number of nitrogens with one attached hydrogen (secondary N) is 2. The van der Waals surface area contributed by atoms with Crippen molar-refractivity contribution >= 4 is 28.9 Å². The van der Waals surface area contributed by atoms with Crippen LogP contribution >= 0.6 is 12.2 Å². The number of rotatable bonds is 5. The van der Waals surface area contributed by atoms with Crippen molar-refractivity contribution in [2.45, 2.75) is 6.61 Å². The van der Waals surface area contributed by atoms with Crippen molar-refractivity contribution in [1.82, 2.24) is 5.32 Å². The van der Waals surface area contributed by atoms with Crippen molar-refractivity contribution in [1.29, 1.82) is 0 Å². The smallest absolute Gasteiger partial charge is 0.257 e. The maximum Gasteiger partial charge on any atom is 0.257 e. The van der Waals surface area contributed by atoms with Crippen molar-refractivity contribution in [3.8, 4) is 17.1 Å². The van der Waals surface area contributed by atoms with Crippen LogP contribution in [0.25, 0.3) is 11.3 Å². The molecular formula is C20H17FN2O4S. The molecule has 0 aliphatic rings. The number of furan rings is 1. The van der Waals surface area contributed by atoms with Gasteiger partial charge in [0.15, 0.2) is 5.11 Å². The lowest BCUT2D eigenvalue weighted by atomic mass is 10.1. The zero-order valence-corrected chi connectivity index (χ0v) is 15.7. The highest BCUT2D eigenvalue weighted by Gasteiger charge is 2.13. The monoisotopic (exact) mass is 400 g/mol. The first-order valence-electron chi connectivity index (χ1n) is 8.26. The molecular weight excluding hydrogens is 383 g/mol. The minimum atomic E-state index is -0.451. The van der Waals surface area contributed by atoms with E-state index in [0.717, 1.165) is 0 Å². The summed E-state index contributed by atoms with van der Waals surface area (Å²) in [6, 6.07) is 13.8. The lowest BCUT2D eigenvalue weighted by molar-refractivity contribution is 0.0977. The molecule has 2 aromatic carbocycles. The Hall–Kier alpha value is -3.23. The predicted octanol–water partition coefficient (Wildman–Crippen LogP) is 3.71. The van der Waals surface area contributed by atoms with E-state index in [9.17, 15) is 9.18 Å². The summed E-state index contributed by atoms with van der Waals surface area (Å²) in [4.78, 5) is 12.1. The van der Waals surface area contributed by atoms with Crippen molar-refractivity contribution in [3.05, 3.63) is 71.7 Å². The highest BCUT2D eigenvalue weighted by Crippen LogP contribution is 2.33. The number of halogens is 1. The Balaban J connectivity index is 1.70. The maximum absolute atomic E-state index is 12.9. The van der Waals surface area contributed by atoms with E-state index in [1.165, 1.54) is 31.4 Å². The van der Waals surface area contributed by atoms with Gasteiger partial charge in [0.25, 0.3) is 5.91 Å². The molecule has 6 nitrogen and oxygen atoms in total. The van der Waals surface area contributed by atoms with Gasteiger partial charge in [-0.2, -0.15) is 0 Å². The van der Waals surface area contributed by atoms with Gasteiger partial charge in [0.2, 0.25) is 0 Å². The summed E-state index contributed by atoms with van der Waals surface area (Å²) in [7, 11) is 1.52. The second kappa shape index (κ2) is 8.64. The van der Waals surface area contributed by atoms with E-state index in [-0.39, 0.29) is 17.3 Å². The number of ether oxygens (including phenoxy) is 1. The number of aliphatic hydroxyl groups is 1. The lowest BCUT2D eigenvalue weighted by Gasteiger charge is -2.12. The molecule has 3 aromatic rings. The number of carbonyl (C=O) groups excluding carboxylic acids is 1. The fraction of sp³-hybridized carbons (Fsp3) is 0.100. The Morgan fingerprint density at radius 3 is 2.57 bits per heavy atom. The van der Waals surface area contributed by atoms with Crippen LogP contribution < -0.4 is 15.4 Å². The quantitative estimate of drug-likeness (QED) is 0.567. The summed E-state index contributed by atoms with van der Waals surface area (Å²) in [5.41, 5.74) is 1.59. The van der Waals surface area contributed by atoms with E-state index in [0.29, 0.717) is 28.5 Å². The van der Waals surface area contributed by atoms with E-state index < -0.39 is 11.7 Å². The molecule has 0 saturated carbocycles. The van der Waals surface area contributed by atoms with Gasteiger partial charge in [-0.3, -0.25) is 10.1 Å². The van der Waals surface area contributed by atoms with E-state index in [1.807, 2.05) is 0 Å². The molecule has 0 atom stereocenters. The molecule has 0 saturated heterocycles. The lowest BCUT2D eigenvalue weighted by Crippen LogP contribution is -2.34. The molecule has 1 heterocycles. The number of thiocarbonyl (C=S) groups is 1. The van der Waals surface area contributed by atoms with Crippen LogP contribution in [0.4, 0.5) is 10.1 Å². The van der Waals surface area contributed by atoms with Crippen LogP contribution in [-0.2, 0) is 6.61 Å². The Bertz CT molecular complexity index is 1000.